The number of hydrogen-bond acceptors (Lipinski definition) is 1. The molecule has 2 atom stereocenters. The Morgan fingerprint density at radius 3 is 1.35 bits per heavy atom. The smallest absolute Gasteiger partial charge is 0.118 e. The molecule has 0 radical (unpaired) electrons. The van der Waals surface area contributed by atoms with Gasteiger partial charge < -0.3 is 4.74 Å². The van der Waals surface area contributed by atoms with E-state index < -0.39 is 24.6 Å². The van der Waals surface area contributed by atoms with Crippen molar-refractivity contribution in [1.29, 1.82) is 0 Å². The highest BCUT2D eigenvalue weighted by Crippen LogP contribution is 2.28. The maximum absolute atomic E-state index is 13.7. The minimum atomic E-state index is -1.04. The first-order valence-corrected chi connectivity index (χ1v) is 7.89. The van der Waals surface area contributed by atoms with Crippen molar-refractivity contribution in [1.82, 2.24) is 0 Å². The first kappa shape index (κ1) is 17.6. The summed E-state index contributed by atoms with van der Waals surface area (Å²) in [6, 6.07) is 19.2. The van der Waals surface area contributed by atoms with Gasteiger partial charge in [0.25, 0.3) is 0 Å². The fourth-order valence-electron chi connectivity index (χ4n) is 2.87. The highest BCUT2D eigenvalue weighted by molar-refractivity contribution is 5.19. The molecule has 23 heavy (non-hydrogen) atoms. The molecule has 0 saturated carbocycles. The zero-order valence-corrected chi connectivity index (χ0v) is 13.8. The van der Waals surface area contributed by atoms with Crippen LogP contribution in [0.25, 0.3) is 0 Å². The van der Waals surface area contributed by atoms with Gasteiger partial charge in [0.2, 0.25) is 0 Å². The third-order valence-corrected chi connectivity index (χ3v) is 3.90. The molecule has 0 aromatic heterocycles. The highest BCUT2D eigenvalue weighted by Gasteiger charge is 2.36. The molecule has 2 aromatic carbocycles. The first-order valence-electron chi connectivity index (χ1n) is 7.89. The molecule has 3 heteroatoms. The molecule has 0 heterocycles. The number of benzene rings is 2. The Kier molecular flexibility index (Phi) is 5.89. The molecule has 0 saturated heterocycles. The molecule has 0 bridgehead atoms. The molecule has 0 aliphatic heterocycles. The van der Waals surface area contributed by atoms with E-state index in [2.05, 4.69) is 0 Å². The van der Waals surface area contributed by atoms with Crippen LogP contribution in [-0.2, 0) is 17.6 Å². The summed E-state index contributed by atoms with van der Waals surface area (Å²) in [4.78, 5) is 0. The van der Waals surface area contributed by atoms with Gasteiger partial charge in [-0.3, -0.25) is 0 Å². The second kappa shape index (κ2) is 7.69. The van der Waals surface area contributed by atoms with Crippen LogP contribution >= 0.6 is 0 Å². The molecule has 0 aliphatic rings. The molecule has 0 fully saturated rings. The van der Waals surface area contributed by atoms with Crippen molar-refractivity contribution in [3.05, 3.63) is 71.8 Å². The topological polar surface area (TPSA) is 9.23 Å². The van der Waals surface area contributed by atoms with Crippen LogP contribution in [0.4, 0.5) is 8.78 Å². The van der Waals surface area contributed by atoms with E-state index in [1.807, 2.05) is 60.7 Å². The number of hydrogen-bond donors (Lipinski definition) is 0. The largest absolute Gasteiger partial charge is 0.363 e. The van der Waals surface area contributed by atoms with Gasteiger partial charge in [-0.2, -0.15) is 0 Å². The molecular formula is C20H24F2O. The van der Waals surface area contributed by atoms with Crippen LogP contribution < -0.4 is 0 Å². The third-order valence-electron chi connectivity index (χ3n) is 3.90. The maximum Gasteiger partial charge on any atom is 0.118 e. The van der Waals surface area contributed by atoms with Gasteiger partial charge in [-0.15, -0.1) is 0 Å². The lowest BCUT2D eigenvalue weighted by Gasteiger charge is -2.38. The van der Waals surface area contributed by atoms with E-state index in [1.165, 1.54) is 0 Å². The van der Waals surface area contributed by atoms with E-state index in [0.717, 1.165) is 11.1 Å². The Labute approximate surface area is 137 Å². The molecule has 2 aromatic rings. The van der Waals surface area contributed by atoms with Crippen LogP contribution in [0.15, 0.2) is 60.7 Å². The molecule has 0 spiro atoms. The zero-order chi connectivity index (χ0) is 16.8. The standard InChI is InChI=1S/C20H24F2O/c1-19(15-21,13-17-9-5-3-6-10-17)23-20(2,16-22)14-18-11-7-4-8-12-18/h3-12H,13-16H2,1-2H3. The van der Waals surface area contributed by atoms with Crippen molar-refractivity contribution >= 4 is 0 Å². The van der Waals surface area contributed by atoms with Crippen LogP contribution in [-0.4, -0.2) is 24.6 Å². The number of alkyl halides is 2. The summed E-state index contributed by atoms with van der Waals surface area (Å²) in [5.41, 5.74) is -0.129. The third kappa shape index (κ3) is 5.14. The fourth-order valence-corrected chi connectivity index (χ4v) is 2.87. The van der Waals surface area contributed by atoms with Crippen molar-refractivity contribution in [2.24, 2.45) is 0 Å². The molecule has 0 aliphatic carbocycles. The van der Waals surface area contributed by atoms with Gasteiger partial charge in [-0.25, -0.2) is 8.78 Å². The summed E-state index contributed by atoms with van der Waals surface area (Å²) < 4.78 is 33.4. The lowest BCUT2D eigenvalue weighted by atomic mass is 9.93. The fraction of sp³-hybridized carbons (Fsp3) is 0.400. The minimum Gasteiger partial charge on any atom is -0.363 e. The van der Waals surface area contributed by atoms with E-state index in [-0.39, 0.29) is 0 Å². The number of ether oxygens (including phenoxy) is 1. The quantitative estimate of drug-likeness (QED) is 0.669. The van der Waals surface area contributed by atoms with Crippen molar-refractivity contribution in [2.75, 3.05) is 13.3 Å². The van der Waals surface area contributed by atoms with Crippen molar-refractivity contribution in [2.45, 2.75) is 37.9 Å². The van der Waals surface area contributed by atoms with Crippen LogP contribution in [0.3, 0.4) is 0 Å². The van der Waals surface area contributed by atoms with E-state index in [4.69, 9.17) is 4.74 Å². The van der Waals surface area contributed by atoms with Gasteiger partial charge in [0.05, 0.1) is 11.2 Å². The van der Waals surface area contributed by atoms with Gasteiger partial charge in [-0.05, 0) is 25.0 Å². The predicted octanol–water partition coefficient (Wildman–Crippen LogP) is 4.94. The summed E-state index contributed by atoms with van der Waals surface area (Å²) in [5, 5.41) is 0. The van der Waals surface area contributed by atoms with E-state index in [9.17, 15) is 8.78 Å². The van der Waals surface area contributed by atoms with Crippen LogP contribution in [0.5, 0.6) is 0 Å². The van der Waals surface area contributed by atoms with Gasteiger partial charge in [-0.1, -0.05) is 60.7 Å². The number of rotatable bonds is 8. The number of halogens is 2. The zero-order valence-electron chi connectivity index (χ0n) is 13.8. The molecule has 124 valence electrons. The Morgan fingerprint density at radius 2 is 1.04 bits per heavy atom. The molecule has 0 amide bonds. The Bertz CT molecular complexity index is 534. The Morgan fingerprint density at radius 1 is 0.696 bits per heavy atom. The summed E-state index contributed by atoms with van der Waals surface area (Å²) >= 11 is 0. The average Bonchev–Trinajstić information content (AvgIpc) is 2.56. The van der Waals surface area contributed by atoms with Gasteiger partial charge in [0.15, 0.2) is 0 Å². The Balaban J connectivity index is 2.13. The molecule has 2 rings (SSSR count). The van der Waals surface area contributed by atoms with Crippen LogP contribution in [0.1, 0.15) is 25.0 Å². The molecular weight excluding hydrogens is 294 g/mol. The van der Waals surface area contributed by atoms with E-state index in [0.29, 0.717) is 12.8 Å². The molecule has 2 unspecified atom stereocenters. The summed E-state index contributed by atoms with van der Waals surface area (Å²) in [7, 11) is 0. The highest BCUT2D eigenvalue weighted by atomic mass is 19.1. The van der Waals surface area contributed by atoms with Crippen molar-refractivity contribution in [3.63, 3.8) is 0 Å². The lowest BCUT2D eigenvalue weighted by molar-refractivity contribution is -0.155. The van der Waals surface area contributed by atoms with Crippen LogP contribution in [0, 0.1) is 0 Å². The van der Waals surface area contributed by atoms with Crippen molar-refractivity contribution < 1.29 is 13.5 Å². The first-order chi connectivity index (χ1) is 11.0. The second-order valence-electron chi connectivity index (χ2n) is 6.59. The summed E-state index contributed by atoms with van der Waals surface area (Å²) in [6.07, 6.45) is 0.823. The van der Waals surface area contributed by atoms with E-state index >= 15 is 0 Å². The second-order valence-corrected chi connectivity index (χ2v) is 6.59. The lowest BCUT2D eigenvalue weighted by Crippen LogP contribution is -2.46. The SMILES string of the molecule is CC(CF)(Cc1ccccc1)OC(C)(CF)Cc1ccccc1. The van der Waals surface area contributed by atoms with E-state index in [1.54, 1.807) is 13.8 Å². The average molecular weight is 318 g/mol. The monoisotopic (exact) mass is 318 g/mol. The van der Waals surface area contributed by atoms with Crippen molar-refractivity contribution in [3.8, 4) is 0 Å². The normalized spacial score (nSPS) is 16.5. The maximum atomic E-state index is 13.7. The van der Waals surface area contributed by atoms with Crippen LogP contribution in [0.2, 0.25) is 0 Å². The summed E-state index contributed by atoms with van der Waals surface area (Å²) in [5.74, 6) is 0. The Hall–Kier alpha value is -1.74. The minimum absolute atomic E-state index is 0.411. The molecule has 0 N–H and O–H groups in total. The van der Waals surface area contributed by atoms with Gasteiger partial charge in [0, 0.05) is 12.8 Å². The summed E-state index contributed by atoms with van der Waals surface area (Å²) in [6.45, 7) is 2.09. The molecule has 1 nitrogen and oxygen atoms in total. The predicted molar refractivity (Wildman–Crippen MR) is 90.1 cm³/mol. The van der Waals surface area contributed by atoms with Gasteiger partial charge in [0.1, 0.15) is 13.3 Å². The van der Waals surface area contributed by atoms with Gasteiger partial charge >= 0.3 is 0 Å².